The Bertz CT molecular complexity index is 1200. The lowest BCUT2D eigenvalue weighted by Gasteiger charge is -2.14. The number of Topliss-reactive ketones (excluding diaryl/α,β-unsaturated/α-hetero) is 1. The first kappa shape index (κ1) is 21.6. The summed E-state index contributed by atoms with van der Waals surface area (Å²) in [6.07, 6.45) is 0.624. The highest BCUT2D eigenvalue weighted by Crippen LogP contribution is 2.26. The van der Waals surface area contributed by atoms with Gasteiger partial charge in [-0.3, -0.25) is 18.7 Å². The molecule has 9 nitrogen and oxygen atoms in total. The number of aromatic nitrogens is 5. The molecule has 3 aromatic rings. The average molecular weight is 429 g/mol. The molecule has 3 rings (SSSR count). The fraction of sp³-hybridized carbons (Fsp3) is 0.350. The number of rotatable bonds is 7. The van der Waals surface area contributed by atoms with Gasteiger partial charge in [-0.1, -0.05) is 42.1 Å². The molecule has 0 amide bonds. The van der Waals surface area contributed by atoms with Crippen LogP contribution in [-0.2, 0) is 27.1 Å². The molecule has 10 heteroatoms. The van der Waals surface area contributed by atoms with Crippen LogP contribution in [0.3, 0.4) is 0 Å². The van der Waals surface area contributed by atoms with Crippen molar-refractivity contribution in [2.24, 2.45) is 14.1 Å². The molecule has 30 heavy (non-hydrogen) atoms. The molecule has 1 aromatic carbocycles. The Labute approximate surface area is 177 Å². The van der Waals surface area contributed by atoms with Gasteiger partial charge in [0.25, 0.3) is 5.56 Å². The maximum Gasteiger partial charge on any atom is 0.332 e. The second kappa shape index (κ2) is 8.70. The van der Waals surface area contributed by atoms with Crippen LogP contribution in [-0.4, -0.2) is 34.9 Å². The molecule has 2 aromatic heterocycles. The van der Waals surface area contributed by atoms with E-state index in [1.54, 1.807) is 6.92 Å². The van der Waals surface area contributed by atoms with E-state index in [1.807, 2.05) is 41.8 Å². The van der Waals surface area contributed by atoms with Gasteiger partial charge in [0, 0.05) is 27.1 Å². The number of anilines is 1. The maximum atomic E-state index is 13.0. The van der Waals surface area contributed by atoms with Crippen molar-refractivity contribution in [2.45, 2.75) is 37.2 Å². The topological polar surface area (TPSA) is 118 Å². The summed E-state index contributed by atoms with van der Waals surface area (Å²) in [5.41, 5.74) is 5.56. The van der Waals surface area contributed by atoms with Gasteiger partial charge in [0.1, 0.15) is 17.2 Å². The summed E-state index contributed by atoms with van der Waals surface area (Å²) in [7, 11) is 2.75. The fourth-order valence-corrected chi connectivity index (χ4v) is 4.13. The van der Waals surface area contributed by atoms with Crippen molar-refractivity contribution in [3.63, 3.8) is 0 Å². The summed E-state index contributed by atoms with van der Waals surface area (Å²) >= 11 is 1.21. The first-order valence-electron chi connectivity index (χ1n) is 9.48. The van der Waals surface area contributed by atoms with Crippen LogP contribution in [0, 0.1) is 0 Å². The summed E-state index contributed by atoms with van der Waals surface area (Å²) in [6, 6.07) is 9.93. The van der Waals surface area contributed by atoms with Gasteiger partial charge in [0.05, 0.1) is 5.25 Å². The Hall–Kier alpha value is -3.14. The first-order valence-corrected chi connectivity index (χ1v) is 10.4. The molecule has 0 aliphatic heterocycles. The van der Waals surface area contributed by atoms with E-state index in [4.69, 9.17) is 5.73 Å². The highest BCUT2D eigenvalue weighted by molar-refractivity contribution is 8.00. The van der Waals surface area contributed by atoms with Crippen molar-refractivity contribution in [2.75, 3.05) is 5.73 Å². The van der Waals surface area contributed by atoms with E-state index in [9.17, 15) is 14.4 Å². The number of hydrogen-bond donors (Lipinski definition) is 1. The lowest BCUT2D eigenvalue weighted by atomic mass is 10.1. The second-order valence-electron chi connectivity index (χ2n) is 6.90. The Balaban J connectivity index is 1.88. The molecule has 0 aliphatic rings. The molecule has 2 N–H and O–H groups in total. The Kier molecular flexibility index (Phi) is 6.25. The SMILES string of the molecule is CCn1c(Cc2ccccc2)nnc1SC(C)C(=O)c1c(N)n(C)c(=O)n(C)c1=O. The van der Waals surface area contributed by atoms with Gasteiger partial charge in [-0.2, -0.15) is 0 Å². The monoisotopic (exact) mass is 428 g/mol. The van der Waals surface area contributed by atoms with Crippen LogP contribution in [0.4, 0.5) is 5.82 Å². The van der Waals surface area contributed by atoms with Crippen molar-refractivity contribution in [1.29, 1.82) is 0 Å². The zero-order chi connectivity index (χ0) is 22.0. The summed E-state index contributed by atoms with van der Waals surface area (Å²) in [5, 5.41) is 8.48. The highest BCUT2D eigenvalue weighted by Gasteiger charge is 2.27. The van der Waals surface area contributed by atoms with Gasteiger partial charge in [0.15, 0.2) is 10.9 Å². The predicted molar refractivity (Wildman–Crippen MR) is 116 cm³/mol. The zero-order valence-corrected chi connectivity index (χ0v) is 18.1. The summed E-state index contributed by atoms with van der Waals surface area (Å²) in [6.45, 7) is 4.31. The Morgan fingerprint density at radius 2 is 1.80 bits per heavy atom. The molecule has 2 heterocycles. The number of ketones is 1. The molecule has 158 valence electrons. The third-order valence-corrected chi connectivity index (χ3v) is 6.00. The molecule has 0 bridgehead atoms. The summed E-state index contributed by atoms with van der Waals surface area (Å²) in [5.74, 6) is 0.203. The van der Waals surface area contributed by atoms with Crippen molar-refractivity contribution in [3.05, 3.63) is 68.1 Å². The van der Waals surface area contributed by atoms with Crippen LogP contribution in [0.25, 0.3) is 0 Å². The lowest BCUT2D eigenvalue weighted by molar-refractivity contribution is 0.0992. The number of hydrogen-bond acceptors (Lipinski definition) is 7. The number of carbonyl (C=O) groups is 1. The Morgan fingerprint density at radius 1 is 1.13 bits per heavy atom. The van der Waals surface area contributed by atoms with Crippen LogP contribution >= 0.6 is 11.8 Å². The van der Waals surface area contributed by atoms with E-state index in [0.717, 1.165) is 20.5 Å². The molecule has 1 unspecified atom stereocenters. The van der Waals surface area contributed by atoms with Crippen molar-refractivity contribution in [3.8, 4) is 0 Å². The lowest BCUT2D eigenvalue weighted by Crippen LogP contribution is -2.42. The van der Waals surface area contributed by atoms with Crippen LogP contribution in [0.15, 0.2) is 45.1 Å². The predicted octanol–water partition coefficient (Wildman–Crippen LogP) is 1.23. The van der Waals surface area contributed by atoms with E-state index in [2.05, 4.69) is 10.2 Å². The van der Waals surface area contributed by atoms with Gasteiger partial charge >= 0.3 is 5.69 Å². The van der Waals surface area contributed by atoms with Gasteiger partial charge < -0.3 is 10.3 Å². The molecule has 1 atom stereocenters. The number of nitrogen functional groups attached to an aromatic ring is 1. The summed E-state index contributed by atoms with van der Waals surface area (Å²) < 4.78 is 3.93. The van der Waals surface area contributed by atoms with E-state index in [-0.39, 0.29) is 11.4 Å². The fourth-order valence-electron chi connectivity index (χ4n) is 3.14. The van der Waals surface area contributed by atoms with E-state index in [1.165, 1.54) is 25.9 Å². The first-order chi connectivity index (χ1) is 14.3. The number of benzene rings is 1. The molecular formula is C20H24N6O3S. The van der Waals surface area contributed by atoms with Crippen molar-refractivity contribution in [1.82, 2.24) is 23.9 Å². The van der Waals surface area contributed by atoms with Gasteiger partial charge in [-0.25, -0.2) is 4.79 Å². The van der Waals surface area contributed by atoms with E-state index < -0.39 is 22.3 Å². The molecule has 0 saturated heterocycles. The molecule has 0 saturated carbocycles. The standard InChI is InChI=1S/C20H24N6O3S/c1-5-26-14(11-13-9-7-6-8-10-13)22-23-19(26)30-12(2)16(27)15-17(21)24(3)20(29)25(4)18(15)28/h6-10,12H,5,11,21H2,1-4H3. The van der Waals surface area contributed by atoms with Crippen LogP contribution in [0.2, 0.25) is 0 Å². The molecular weight excluding hydrogens is 404 g/mol. The number of carbonyl (C=O) groups excluding carboxylic acids is 1. The summed E-state index contributed by atoms with van der Waals surface area (Å²) in [4.78, 5) is 37.5. The molecule has 0 radical (unpaired) electrons. The van der Waals surface area contributed by atoms with Crippen LogP contribution in [0.5, 0.6) is 0 Å². The Morgan fingerprint density at radius 3 is 2.43 bits per heavy atom. The number of nitrogens with zero attached hydrogens (tertiary/aromatic N) is 5. The number of thioether (sulfide) groups is 1. The minimum absolute atomic E-state index is 0.137. The van der Waals surface area contributed by atoms with Gasteiger partial charge in [-0.15, -0.1) is 10.2 Å². The molecule has 0 spiro atoms. The van der Waals surface area contributed by atoms with Crippen LogP contribution in [0.1, 0.15) is 35.6 Å². The third-order valence-electron chi connectivity index (χ3n) is 4.92. The third kappa shape index (κ3) is 3.95. The van der Waals surface area contributed by atoms with Gasteiger partial charge in [0.2, 0.25) is 0 Å². The van der Waals surface area contributed by atoms with Crippen LogP contribution < -0.4 is 17.0 Å². The normalized spacial score (nSPS) is 12.1. The molecule has 0 fully saturated rings. The zero-order valence-electron chi connectivity index (χ0n) is 17.3. The highest BCUT2D eigenvalue weighted by atomic mass is 32.2. The minimum Gasteiger partial charge on any atom is -0.384 e. The maximum absolute atomic E-state index is 13.0. The van der Waals surface area contributed by atoms with E-state index >= 15 is 0 Å². The molecule has 0 aliphatic carbocycles. The minimum atomic E-state index is -0.699. The largest absolute Gasteiger partial charge is 0.384 e. The quantitative estimate of drug-likeness (QED) is 0.444. The smallest absolute Gasteiger partial charge is 0.332 e. The second-order valence-corrected chi connectivity index (χ2v) is 8.20. The number of nitrogens with two attached hydrogens (primary N) is 1. The van der Waals surface area contributed by atoms with Crippen molar-refractivity contribution < 1.29 is 4.79 Å². The van der Waals surface area contributed by atoms with Crippen molar-refractivity contribution >= 4 is 23.4 Å². The van der Waals surface area contributed by atoms with Gasteiger partial charge in [-0.05, 0) is 19.4 Å². The average Bonchev–Trinajstić information content (AvgIpc) is 3.12. The van der Waals surface area contributed by atoms with E-state index in [0.29, 0.717) is 18.1 Å².